The van der Waals surface area contributed by atoms with Crippen molar-refractivity contribution in [1.82, 2.24) is 19.7 Å². The van der Waals surface area contributed by atoms with E-state index < -0.39 is 5.97 Å². The molecule has 2 heterocycles. The van der Waals surface area contributed by atoms with Crippen LogP contribution >= 0.6 is 11.8 Å². The van der Waals surface area contributed by atoms with E-state index in [1.54, 1.807) is 0 Å². The van der Waals surface area contributed by atoms with Gasteiger partial charge in [0.05, 0.1) is 25.0 Å². The number of nitrogens with zero attached hydrogens (tertiary/aromatic N) is 4. The van der Waals surface area contributed by atoms with Crippen LogP contribution in [0, 0.1) is 0 Å². The van der Waals surface area contributed by atoms with Gasteiger partial charge in [-0.05, 0) is 7.05 Å². The van der Waals surface area contributed by atoms with Crippen molar-refractivity contribution in [3.63, 3.8) is 0 Å². The number of likely N-dealkylation sites (N-methyl/N-ethyl adjacent to an activating group) is 1. The lowest BCUT2D eigenvalue weighted by molar-refractivity contribution is -0.133. The van der Waals surface area contributed by atoms with Gasteiger partial charge >= 0.3 is 5.97 Å². The van der Waals surface area contributed by atoms with Crippen LogP contribution in [-0.2, 0) is 16.1 Å². The summed E-state index contributed by atoms with van der Waals surface area (Å²) >= 11 is 1.20. The van der Waals surface area contributed by atoms with Crippen LogP contribution in [0.2, 0.25) is 0 Å². The Morgan fingerprint density at radius 2 is 2.29 bits per heavy atom. The van der Waals surface area contributed by atoms with Gasteiger partial charge in [-0.3, -0.25) is 4.79 Å². The van der Waals surface area contributed by atoms with Crippen LogP contribution in [0.25, 0.3) is 0 Å². The standard InChI is InChI=1S/C13H22N4O3S/c1-9(2)12-14-15-13(21-8-11(18)19)17(12)7-10-6-16(3)4-5-20-10/h9-10H,4-8H2,1-3H3,(H,18,19). The predicted octanol–water partition coefficient (Wildman–Crippen LogP) is 0.909. The average Bonchev–Trinajstić information content (AvgIpc) is 2.79. The van der Waals surface area contributed by atoms with Crippen molar-refractivity contribution in [3.05, 3.63) is 5.82 Å². The van der Waals surface area contributed by atoms with Gasteiger partial charge in [0.1, 0.15) is 5.82 Å². The molecule has 1 fully saturated rings. The number of aliphatic carboxylic acids is 1. The lowest BCUT2D eigenvalue weighted by Gasteiger charge is -2.30. The van der Waals surface area contributed by atoms with Crippen LogP contribution in [0.3, 0.4) is 0 Å². The lowest BCUT2D eigenvalue weighted by atomic mass is 10.2. The molecule has 1 aromatic heterocycles. The van der Waals surface area contributed by atoms with Crippen molar-refractivity contribution < 1.29 is 14.6 Å². The van der Waals surface area contributed by atoms with Crippen LogP contribution in [0.1, 0.15) is 25.6 Å². The second-order valence-corrected chi connectivity index (χ2v) is 6.49. The van der Waals surface area contributed by atoms with E-state index >= 15 is 0 Å². The zero-order valence-corrected chi connectivity index (χ0v) is 13.5. The quantitative estimate of drug-likeness (QED) is 0.782. The van der Waals surface area contributed by atoms with Gasteiger partial charge in [-0.25, -0.2) is 0 Å². The maximum Gasteiger partial charge on any atom is 0.313 e. The summed E-state index contributed by atoms with van der Waals surface area (Å²) in [5, 5.41) is 17.8. The molecule has 0 aliphatic carbocycles. The molecule has 1 atom stereocenters. The molecule has 1 N–H and O–H groups in total. The molecule has 118 valence electrons. The molecule has 1 saturated heterocycles. The van der Waals surface area contributed by atoms with E-state index in [0.29, 0.717) is 11.7 Å². The Labute approximate surface area is 128 Å². The second-order valence-electron chi connectivity index (χ2n) is 5.54. The first-order chi connectivity index (χ1) is 9.97. The van der Waals surface area contributed by atoms with Gasteiger partial charge < -0.3 is 19.3 Å². The maximum absolute atomic E-state index is 10.7. The van der Waals surface area contributed by atoms with Gasteiger partial charge in [0.15, 0.2) is 5.16 Å². The highest BCUT2D eigenvalue weighted by atomic mass is 32.2. The van der Waals surface area contributed by atoms with Crippen LogP contribution in [0.15, 0.2) is 5.16 Å². The van der Waals surface area contributed by atoms with E-state index in [4.69, 9.17) is 9.84 Å². The third kappa shape index (κ3) is 4.42. The molecule has 0 amide bonds. The van der Waals surface area contributed by atoms with Gasteiger partial charge in [-0.15, -0.1) is 10.2 Å². The van der Waals surface area contributed by atoms with E-state index in [-0.39, 0.29) is 17.8 Å². The molecule has 0 bridgehead atoms. The average molecular weight is 314 g/mol. The molecule has 7 nitrogen and oxygen atoms in total. The summed E-state index contributed by atoms with van der Waals surface area (Å²) in [6.45, 7) is 7.29. The van der Waals surface area contributed by atoms with Crippen LogP contribution in [-0.4, -0.2) is 69.3 Å². The Morgan fingerprint density at radius 1 is 1.52 bits per heavy atom. The third-order valence-electron chi connectivity index (χ3n) is 3.31. The van der Waals surface area contributed by atoms with Crippen molar-refractivity contribution >= 4 is 17.7 Å². The second kappa shape index (κ2) is 7.24. The highest BCUT2D eigenvalue weighted by Gasteiger charge is 2.23. The number of aromatic nitrogens is 3. The molecule has 0 radical (unpaired) electrons. The Hall–Kier alpha value is -1.12. The molecule has 21 heavy (non-hydrogen) atoms. The van der Waals surface area contributed by atoms with E-state index in [1.807, 2.05) is 4.57 Å². The Balaban J connectivity index is 2.13. The zero-order chi connectivity index (χ0) is 15.4. The molecule has 0 saturated carbocycles. The van der Waals surface area contributed by atoms with E-state index in [2.05, 4.69) is 36.0 Å². The molecular formula is C13H22N4O3S. The molecule has 2 rings (SSSR count). The van der Waals surface area contributed by atoms with Gasteiger partial charge in [0.2, 0.25) is 0 Å². The Morgan fingerprint density at radius 3 is 2.90 bits per heavy atom. The topological polar surface area (TPSA) is 80.5 Å². The van der Waals surface area contributed by atoms with E-state index in [9.17, 15) is 4.79 Å². The van der Waals surface area contributed by atoms with Gasteiger partial charge in [0.25, 0.3) is 0 Å². The van der Waals surface area contributed by atoms with Gasteiger partial charge in [0, 0.05) is 19.0 Å². The van der Waals surface area contributed by atoms with E-state index in [0.717, 1.165) is 25.5 Å². The minimum Gasteiger partial charge on any atom is -0.481 e. The number of hydrogen-bond donors (Lipinski definition) is 1. The molecular weight excluding hydrogens is 292 g/mol. The summed E-state index contributed by atoms with van der Waals surface area (Å²) in [6.07, 6.45) is 0.0847. The fraction of sp³-hybridized carbons (Fsp3) is 0.769. The minimum atomic E-state index is -0.853. The first-order valence-corrected chi connectivity index (χ1v) is 8.03. The first kappa shape index (κ1) is 16.3. The predicted molar refractivity (Wildman–Crippen MR) is 79.7 cm³/mol. The van der Waals surface area contributed by atoms with Crippen LogP contribution in [0.4, 0.5) is 0 Å². The molecule has 0 spiro atoms. The highest BCUT2D eigenvalue weighted by molar-refractivity contribution is 7.99. The number of hydrogen-bond acceptors (Lipinski definition) is 6. The number of carboxylic acid groups (broad SMARTS) is 1. The smallest absolute Gasteiger partial charge is 0.313 e. The molecule has 1 unspecified atom stereocenters. The van der Waals surface area contributed by atoms with Gasteiger partial charge in [-0.2, -0.15) is 0 Å². The number of carboxylic acids is 1. The minimum absolute atomic E-state index is 0.0122. The number of carbonyl (C=O) groups is 1. The summed E-state index contributed by atoms with van der Waals surface area (Å²) < 4.78 is 7.80. The number of ether oxygens (including phenoxy) is 1. The SMILES string of the molecule is CC(C)c1nnc(SCC(=O)O)n1CC1CN(C)CCO1. The number of morpholine rings is 1. The summed E-state index contributed by atoms with van der Waals surface area (Å²) in [5.41, 5.74) is 0. The van der Waals surface area contributed by atoms with Crippen molar-refractivity contribution in [2.75, 3.05) is 32.5 Å². The van der Waals surface area contributed by atoms with Crippen molar-refractivity contribution in [2.24, 2.45) is 0 Å². The van der Waals surface area contributed by atoms with Crippen molar-refractivity contribution in [3.8, 4) is 0 Å². The largest absolute Gasteiger partial charge is 0.481 e. The summed E-state index contributed by atoms with van der Waals surface area (Å²) in [4.78, 5) is 13.0. The number of thioether (sulfide) groups is 1. The molecule has 1 aliphatic rings. The summed E-state index contributed by atoms with van der Waals surface area (Å²) in [7, 11) is 2.07. The first-order valence-electron chi connectivity index (χ1n) is 7.05. The molecule has 8 heteroatoms. The third-order valence-corrected chi connectivity index (χ3v) is 4.27. The number of rotatable bonds is 6. The fourth-order valence-corrected chi connectivity index (χ4v) is 2.99. The Bertz CT molecular complexity index is 492. The highest BCUT2D eigenvalue weighted by Crippen LogP contribution is 2.22. The van der Waals surface area contributed by atoms with Crippen LogP contribution < -0.4 is 0 Å². The summed E-state index contributed by atoms with van der Waals surface area (Å²) in [5.74, 6) is 0.244. The lowest BCUT2D eigenvalue weighted by Crippen LogP contribution is -2.42. The zero-order valence-electron chi connectivity index (χ0n) is 12.7. The van der Waals surface area contributed by atoms with Crippen LogP contribution in [0.5, 0.6) is 0 Å². The van der Waals surface area contributed by atoms with Crippen molar-refractivity contribution in [1.29, 1.82) is 0 Å². The summed E-state index contributed by atoms with van der Waals surface area (Å²) in [6, 6.07) is 0. The van der Waals surface area contributed by atoms with Crippen molar-refractivity contribution in [2.45, 2.75) is 37.6 Å². The fourth-order valence-electron chi connectivity index (χ4n) is 2.31. The molecule has 1 aliphatic heterocycles. The monoisotopic (exact) mass is 314 g/mol. The van der Waals surface area contributed by atoms with E-state index in [1.165, 1.54) is 11.8 Å². The molecule has 0 aromatic carbocycles. The molecule has 1 aromatic rings. The van der Waals surface area contributed by atoms with Gasteiger partial charge in [-0.1, -0.05) is 25.6 Å². The normalized spacial score (nSPS) is 20.1. The maximum atomic E-state index is 10.7. The Kier molecular flexibility index (Phi) is 5.60.